The molecule has 5 aliphatic rings. The Hall–Kier alpha value is 0.312. The standard InChI is InChI=1S/C26H47N7O13S3.3Li/c34-22-20-15(11-19(49(44,45)46)21(22)33-32-16-7-2-1-6-14(16)23(35)36)18(48(41,42)43)9-8-17(20)28-25-29-24(30-26(37)31-25)27-12-4-3-5-13(10-12)47(38,39)40;;;/h12-22,24-31,34,37H,1-11H2,(H,35,36)(H,38,39,40)(H,41,42,43)(H,44,45,46);;;/q;3*+1/p-3. The average molecular weight is 780 g/mol. The van der Waals surface area contributed by atoms with Crippen molar-refractivity contribution in [3.05, 3.63) is 0 Å². The molecular formula is C26H44Li3N7O13S3. The second-order valence-corrected chi connectivity index (χ2v) is 18.6. The maximum Gasteiger partial charge on any atom is 1.00 e. The molecule has 0 bridgehead atoms. The minimum absolute atomic E-state index is 0. The summed E-state index contributed by atoms with van der Waals surface area (Å²) in [5.41, 5.74) is 0. The van der Waals surface area contributed by atoms with Crippen LogP contribution in [0.5, 0.6) is 0 Å². The van der Waals surface area contributed by atoms with Crippen LogP contribution < -0.4 is 83.2 Å². The molecule has 8 N–H and O–H groups in total. The fourth-order valence-corrected chi connectivity index (χ4v) is 11.5. The normalized spacial score (nSPS) is 40.3. The van der Waals surface area contributed by atoms with Gasteiger partial charge in [-0.1, -0.05) is 19.3 Å². The van der Waals surface area contributed by atoms with E-state index < -0.39 is 125 Å². The molecule has 1 saturated heterocycles. The first-order chi connectivity index (χ1) is 22.8. The van der Waals surface area contributed by atoms with E-state index in [2.05, 4.69) is 36.8 Å². The predicted octanol–water partition coefficient (Wildman–Crippen LogP) is -11.9. The molecule has 0 aromatic carbocycles. The third-order valence-electron chi connectivity index (χ3n) is 10.8. The Kier molecular flexibility index (Phi) is 18.3. The summed E-state index contributed by atoms with van der Waals surface area (Å²) in [4.78, 5) is 11.8. The second-order valence-electron chi connectivity index (χ2n) is 13.8. The van der Waals surface area contributed by atoms with Gasteiger partial charge in [0.25, 0.3) is 0 Å². The van der Waals surface area contributed by atoms with Gasteiger partial charge in [0.1, 0.15) is 18.6 Å². The predicted molar refractivity (Wildman–Crippen MR) is 165 cm³/mol. The van der Waals surface area contributed by atoms with E-state index in [1.54, 1.807) is 0 Å². The zero-order valence-electron chi connectivity index (χ0n) is 29.4. The van der Waals surface area contributed by atoms with Gasteiger partial charge in [-0.2, -0.15) is 10.2 Å². The van der Waals surface area contributed by atoms with Crippen LogP contribution in [-0.4, -0.2) is 125 Å². The van der Waals surface area contributed by atoms with E-state index in [0.717, 1.165) is 0 Å². The second kappa shape index (κ2) is 19.6. The molecule has 0 radical (unpaired) electrons. The number of carbonyl (C=O) groups is 1. The molecule has 0 amide bonds. The Bertz CT molecular complexity index is 1570. The van der Waals surface area contributed by atoms with Crippen LogP contribution in [0.3, 0.4) is 0 Å². The van der Waals surface area contributed by atoms with Crippen LogP contribution in [-0.2, 0) is 35.1 Å². The number of azo groups is 1. The number of nitrogens with one attached hydrogen (secondary N) is 5. The summed E-state index contributed by atoms with van der Waals surface area (Å²) >= 11 is 0. The Labute approximate surface area is 339 Å². The van der Waals surface area contributed by atoms with Crippen LogP contribution in [0.2, 0.25) is 0 Å². The number of rotatable bonds is 10. The van der Waals surface area contributed by atoms with Crippen LogP contribution in [0, 0.1) is 17.8 Å². The summed E-state index contributed by atoms with van der Waals surface area (Å²) in [5, 5.41) is 50.3. The minimum Gasteiger partial charge on any atom is -0.748 e. The van der Waals surface area contributed by atoms with Gasteiger partial charge in [0.2, 0.25) is 0 Å². The van der Waals surface area contributed by atoms with Crippen LogP contribution in [0.1, 0.15) is 70.6 Å². The molecule has 20 nitrogen and oxygen atoms in total. The molecule has 5 fully saturated rings. The molecule has 14 unspecified atom stereocenters. The number of fused-ring (bicyclic) bond motifs is 1. The van der Waals surface area contributed by atoms with Gasteiger partial charge in [0.05, 0.1) is 64.2 Å². The molecule has 52 heavy (non-hydrogen) atoms. The largest absolute Gasteiger partial charge is 1.00 e. The first kappa shape index (κ1) is 48.5. The topological polar surface area (TPSA) is 334 Å². The molecule has 4 aliphatic carbocycles. The number of hydrogen-bond acceptors (Lipinski definition) is 19. The van der Waals surface area contributed by atoms with Crippen molar-refractivity contribution in [2.24, 2.45) is 28.0 Å². The van der Waals surface area contributed by atoms with Crippen molar-refractivity contribution in [3.63, 3.8) is 0 Å². The van der Waals surface area contributed by atoms with Gasteiger partial charge in [-0.25, -0.2) is 25.3 Å². The Morgan fingerprint density at radius 1 is 0.692 bits per heavy atom. The zero-order valence-corrected chi connectivity index (χ0v) is 31.9. The Morgan fingerprint density at radius 3 is 1.90 bits per heavy atom. The van der Waals surface area contributed by atoms with Crippen molar-refractivity contribution in [2.45, 2.75) is 136 Å². The van der Waals surface area contributed by atoms with E-state index in [4.69, 9.17) is 0 Å². The first-order valence-corrected chi connectivity index (χ1v) is 20.9. The van der Waals surface area contributed by atoms with Crippen LogP contribution >= 0.6 is 0 Å². The molecule has 282 valence electrons. The van der Waals surface area contributed by atoms with Gasteiger partial charge in [-0.15, -0.1) is 0 Å². The number of aliphatic hydroxyl groups is 2. The maximum atomic E-state index is 12.5. The van der Waals surface area contributed by atoms with Crippen molar-refractivity contribution in [3.8, 4) is 0 Å². The Morgan fingerprint density at radius 2 is 1.31 bits per heavy atom. The van der Waals surface area contributed by atoms with Gasteiger partial charge >= 0.3 is 62.6 Å². The van der Waals surface area contributed by atoms with E-state index >= 15 is 0 Å². The fraction of sp³-hybridized carbons (Fsp3) is 0.962. The van der Waals surface area contributed by atoms with E-state index in [1.807, 2.05) is 0 Å². The van der Waals surface area contributed by atoms with Crippen molar-refractivity contribution >= 4 is 36.3 Å². The Balaban J connectivity index is 0.00000312. The molecule has 1 aliphatic heterocycles. The third-order valence-corrected chi connectivity index (χ3v) is 14.5. The van der Waals surface area contributed by atoms with E-state index in [9.17, 15) is 59.0 Å². The van der Waals surface area contributed by atoms with E-state index in [0.29, 0.717) is 38.5 Å². The van der Waals surface area contributed by atoms with E-state index in [1.165, 1.54) is 0 Å². The quantitative estimate of drug-likeness (QED) is 0.0580. The van der Waals surface area contributed by atoms with Gasteiger partial charge < -0.3 is 29.0 Å². The number of hydrogen-bond donors (Lipinski definition) is 8. The molecule has 4 saturated carbocycles. The number of carboxylic acids is 1. The van der Waals surface area contributed by atoms with E-state index in [-0.39, 0.29) is 82.3 Å². The van der Waals surface area contributed by atoms with Crippen molar-refractivity contribution in [1.82, 2.24) is 26.6 Å². The summed E-state index contributed by atoms with van der Waals surface area (Å²) in [7, 11) is -14.7. The van der Waals surface area contributed by atoms with Gasteiger partial charge in [-0.05, 0) is 57.3 Å². The molecule has 0 aromatic heterocycles. The van der Waals surface area contributed by atoms with Crippen LogP contribution in [0.15, 0.2) is 10.2 Å². The molecule has 0 aromatic rings. The monoisotopic (exact) mass is 779 g/mol. The molecular weight excluding hydrogens is 735 g/mol. The van der Waals surface area contributed by atoms with Gasteiger partial charge in [-0.3, -0.25) is 31.4 Å². The number of aliphatic hydroxyl groups excluding tert-OH is 2. The van der Waals surface area contributed by atoms with Gasteiger partial charge in [0.15, 0.2) is 6.35 Å². The van der Waals surface area contributed by atoms with Gasteiger partial charge in [0, 0.05) is 18.0 Å². The zero-order chi connectivity index (χ0) is 35.9. The SMILES string of the molecule is O=C(O)C1CCCCC1N=NC1C(O)C2C(NC3NC(O)NC(NC4CCCC(S(=O)(=O)[O-])C4)N3)CCC(S(=O)(=O)[O-])C2CC1S(=O)(=O)[O-].[Li+].[Li+].[Li+]. The fourth-order valence-electron chi connectivity index (χ4n) is 8.46. The molecule has 1 heterocycles. The smallest absolute Gasteiger partial charge is 0.748 e. The average Bonchev–Trinajstić information content (AvgIpc) is 2.99. The van der Waals surface area contributed by atoms with Crippen LogP contribution in [0.25, 0.3) is 0 Å². The van der Waals surface area contributed by atoms with Crippen molar-refractivity contribution < 1.29 is 116 Å². The molecule has 0 spiro atoms. The first-order valence-electron chi connectivity index (χ1n) is 16.5. The molecule has 26 heteroatoms. The number of aliphatic carboxylic acids is 1. The summed E-state index contributed by atoms with van der Waals surface area (Å²) in [6.07, 6.45) is -2.46. The summed E-state index contributed by atoms with van der Waals surface area (Å²) in [6, 6.07) is -3.73. The summed E-state index contributed by atoms with van der Waals surface area (Å²) < 4.78 is 109. The minimum atomic E-state index is -5.23. The molecule has 14 atom stereocenters. The van der Waals surface area contributed by atoms with Crippen LogP contribution in [0.4, 0.5) is 0 Å². The number of carboxylic acid groups (broad SMARTS) is 1. The third kappa shape index (κ3) is 11.9. The summed E-state index contributed by atoms with van der Waals surface area (Å²) in [6.45, 7) is 0. The maximum absolute atomic E-state index is 12.5. The number of nitrogens with zero attached hydrogens (tertiary/aromatic N) is 2. The van der Waals surface area contributed by atoms with Crippen molar-refractivity contribution in [1.29, 1.82) is 0 Å². The molecule has 5 rings (SSSR count). The summed E-state index contributed by atoms with van der Waals surface area (Å²) in [5.74, 6) is -4.44. The van der Waals surface area contributed by atoms with Crippen molar-refractivity contribution in [2.75, 3.05) is 0 Å².